The predicted octanol–water partition coefficient (Wildman–Crippen LogP) is 2.00. The minimum Gasteiger partial charge on any atom is -0.337 e. The summed E-state index contributed by atoms with van der Waals surface area (Å²) in [4.78, 5) is 11.6. The number of benzene rings is 1. The average molecular weight is 312 g/mol. The van der Waals surface area contributed by atoms with Crippen molar-refractivity contribution in [1.82, 2.24) is 16.0 Å². The Kier molecular flexibility index (Phi) is 5.01. The van der Waals surface area contributed by atoms with Crippen molar-refractivity contribution in [2.45, 2.75) is 25.4 Å². The van der Waals surface area contributed by atoms with Gasteiger partial charge in [0.25, 0.3) is 0 Å². The molecule has 1 heterocycles. The molecule has 1 saturated heterocycles. The van der Waals surface area contributed by atoms with Gasteiger partial charge in [-0.25, -0.2) is 4.79 Å². The van der Waals surface area contributed by atoms with Crippen molar-refractivity contribution >= 4 is 22.0 Å². The Balaban J connectivity index is 1.68. The highest BCUT2D eigenvalue weighted by Crippen LogP contribution is 2.11. The molecule has 1 unspecified atom stereocenters. The van der Waals surface area contributed by atoms with Gasteiger partial charge < -0.3 is 16.0 Å². The van der Waals surface area contributed by atoms with Crippen LogP contribution < -0.4 is 16.0 Å². The number of nitrogens with one attached hydrogen (secondary N) is 3. The lowest BCUT2D eigenvalue weighted by Gasteiger charge is -2.12. The van der Waals surface area contributed by atoms with Gasteiger partial charge in [0.15, 0.2) is 0 Å². The maximum absolute atomic E-state index is 11.6. The normalized spacial score (nSPS) is 18.6. The van der Waals surface area contributed by atoms with E-state index >= 15 is 0 Å². The fourth-order valence-corrected chi connectivity index (χ4v) is 2.49. The van der Waals surface area contributed by atoms with Crippen molar-refractivity contribution in [3.63, 3.8) is 0 Å². The summed E-state index contributed by atoms with van der Waals surface area (Å²) < 4.78 is 1.03. The van der Waals surface area contributed by atoms with Crippen LogP contribution in [0.4, 0.5) is 4.79 Å². The second-order valence-corrected chi connectivity index (χ2v) is 5.40. The Hall–Kier alpha value is -1.07. The maximum atomic E-state index is 11.6. The van der Waals surface area contributed by atoms with Crippen molar-refractivity contribution in [3.8, 4) is 0 Å². The molecule has 1 atom stereocenters. The average Bonchev–Trinajstić information content (AvgIpc) is 2.87. The summed E-state index contributed by atoms with van der Waals surface area (Å²) >= 11 is 3.41. The molecular formula is C13H18BrN3O. The molecule has 0 radical (unpaired) electrons. The summed E-state index contributed by atoms with van der Waals surface area (Å²) in [5.74, 6) is 0. The van der Waals surface area contributed by atoms with Crippen molar-refractivity contribution < 1.29 is 4.79 Å². The van der Waals surface area contributed by atoms with Crippen LogP contribution in [0.5, 0.6) is 0 Å². The molecule has 0 saturated carbocycles. The molecule has 1 aromatic carbocycles. The molecule has 1 aliphatic rings. The van der Waals surface area contributed by atoms with Gasteiger partial charge in [-0.2, -0.15) is 0 Å². The van der Waals surface area contributed by atoms with E-state index in [9.17, 15) is 4.79 Å². The molecule has 18 heavy (non-hydrogen) atoms. The highest BCUT2D eigenvalue weighted by Gasteiger charge is 2.14. The molecule has 3 N–H and O–H groups in total. The van der Waals surface area contributed by atoms with Gasteiger partial charge in [-0.15, -0.1) is 0 Å². The van der Waals surface area contributed by atoms with Crippen LogP contribution in [0.25, 0.3) is 0 Å². The number of hydrogen-bond acceptors (Lipinski definition) is 2. The Morgan fingerprint density at radius 2 is 2.33 bits per heavy atom. The van der Waals surface area contributed by atoms with Crippen LogP contribution in [0.1, 0.15) is 18.4 Å². The molecule has 2 rings (SSSR count). The third kappa shape index (κ3) is 4.31. The lowest BCUT2D eigenvalue weighted by molar-refractivity contribution is 0.239. The predicted molar refractivity (Wildman–Crippen MR) is 75.4 cm³/mol. The fraction of sp³-hybridized carbons (Fsp3) is 0.462. The van der Waals surface area contributed by atoms with Crippen molar-refractivity contribution in [2.75, 3.05) is 13.1 Å². The molecule has 0 spiro atoms. The number of halogens is 1. The molecule has 98 valence electrons. The third-order valence-corrected chi connectivity index (χ3v) is 3.51. The van der Waals surface area contributed by atoms with Crippen molar-refractivity contribution in [2.24, 2.45) is 0 Å². The zero-order valence-electron chi connectivity index (χ0n) is 10.2. The van der Waals surface area contributed by atoms with E-state index in [1.807, 2.05) is 24.3 Å². The topological polar surface area (TPSA) is 53.2 Å². The molecule has 0 aliphatic carbocycles. The van der Waals surface area contributed by atoms with E-state index in [1.54, 1.807) is 0 Å². The Morgan fingerprint density at radius 1 is 1.44 bits per heavy atom. The summed E-state index contributed by atoms with van der Waals surface area (Å²) in [6, 6.07) is 8.24. The quantitative estimate of drug-likeness (QED) is 0.796. The van der Waals surface area contributed by atoms with Crippen LogP contribution in [-0.4, -0.2) is 25.2 Å². The number of rotatable bonds is 4. The molecule has 0 bridgehead atoms. The molecular weight excluding hydrogens is 294 g/mol. The van der Waals surface area contributed by atoms with Crippen LogP contribution >= 0.6 is 15.9 Å². The molecule has 5 heteroatoms. The van der Waals surface area contributed by atoms with E-state index in [1.165, 1.54) is 6.42 Å². The maximum Gasteiger partial charge on any atom is 0.315 e. The van der Waals surface area contributed by atoms with Gasteiger partial charge in [-0.3, -0.25) is 0 Å². The minimum absolute atomic E-state index is 0.108. The first-order valence-electron chi connectivity index (χ1n) is 6.23. The van der Waals surface area contributed by atoms with Crippen LogP contribution in [0.3, 0.4) is 0 Å². The third-order valence-electron chi connectivity index (χ3n) is 3.01. The van der Waals surface area contributed by atoms with E-state index in [0.29, 0.717) is 19.1 Å². The monoisotopic (exact) mass is 311 g/mol. The van der Waals surface area contributed by atoms with Crippen molar-refractivity contribution in [1.29, 1.82) is 0 Å². The summed E-state index contributed by atoms with van der Waals surface area (Å²) in [7, 11) is 0. The molecule has 1 aliphatic heterocycles. The Morgan fingerprint density at radius 3 is 3.06 bits per heavy atom. The van der Waals surface area contributed by atoms with Crippen LogP contribution in [0.15, 0.2) is 28.7 Å². The van der Waals surface area contributed by atoms with Crippen LogP contribution in [0, 0.1) is 0 Å². The van der Waals surface area contributed by atoms with Crippen LogP contribution in [-0.2, 0) is 6.54 Å². The minimum atomic E-state index is -0.108. The van der Waals surface area contributed by atoms with E-state index in [0.717, 1.165) is 23.0 Å². The standard InChI is InChI=1S/C13H18BrN3O/c14-11-4-1-3-10(7-11)8-16-13(18)17-9-12-5-2-6-15-12/h1,3-4,7,12,15H,2,5-6,8-9H2,(H2,16,17,18). The number of hydrogen-bond donors (Lipinski definition) is 3. The van der Waals surface area contributed by atoms with E-state index in [2.05, 4.69) is 31.9 Å². The van der Waals surface area contributed by atoms with Gasteiger partial charge in [-0.05, 0) is 37.1 Å². The lowest BCUT2D eigenvalue weighted by atomic mass is 10.2. The second kappa shape index (κ2) is 6.75. The molecule has 4 nitrogen and oxygen atoms in total. The molecule has 1 aromatic rings. The van der Waals surface area contributed by atoms with E-state index in [-0.39, 0.29) is 6.03 Å². The summed E-state index contributed by atoms with van der Waals surface area (Å²) in [6.07, 6.45) is 2.35. The SMILES string of the molecule is O=C(NCc1cccc(Br)c1)NCC1CCCN1. The Bertz CT molecular complexity index is 405. The van der Waals surface area contributed by atoms with E-state index < -0.39 is 0 Å². The molecule has 0 aromatic heterocycles. The first kappa shape index (κ1) is 13.4. The van der Waals surface area contributed by atoms with Crippen molar-refractivity contribution in [3.05, 3.63) is 34.3 Å². The van der Waals surface area contributed by atoms with Crippen LogP contribution in [0.2, 0.25) is 0 Å². The zero-order valence-corrected chi connectivity index (χ0v) is 11.8. The fourth-order valence-electron chi connectivity index (χ4n) is 2.04. The zero-order chi connectivity index (χ0) is 12.8. The highest BCUT2D eigenvalue weighted by molar-refractivity contribution is 9.10. The number of amides is 2. The van der Waals surface area contributed by atoms with Gasteiger partial charge in [0.1, 0.15) is 0 Å². The lowest BCUT2D eigenvalue weighted by Crippen LogP contribution is -2.42. The summed E-state index contributed by atoms with van der Waals surface area (Å²) in [5, 5.41) is 9.08. The van der Waals surface area contributed by atoms with E-state index in [4.69, 9.17) is 0 Å². The Labute approximate surface area is 116 Å². The second-order valence-electron chi connectivity index (χ2n) is 4.49. The van der Waals surface area contributed by atoms with Gasteiger partial charge in [-0.1, -0.05) is 28.1 Å². The first-order chi connectivity index (χ1) is 8.74. The summed E-state index contributed by atoms with van der Waals surface area (Å²) in [6.45, 7) is 2.31. The highest BCUT2D eigenvalue weighted by atomic mass is 79.9. The largest absolute Gasteiger partial charge is 0.337 e. The molecule has 1 fully saturated rings. The number of carbonyl (C=O) groups excluding carboxylic acids is 1. The van der Waals surface area contributed by atoms with Gasteiger partial charge in [0.05, 0.1) is 0 Å². The smallest absolute Gasteiger partial charge is 0.315 e. The molecule has 2 amide bonds. The van der Waals surface area contributed by atoms with Gasteiger partial charge in [0.2, 0.25) is 0 Å². The van der Waals surface area contributed by atoms with Gasteiger partial charge in [0, 0.05) is 23.6 Å². The first-order valence-corrected chi connectivity index (χ1v) is 7.03. The summed E-state index contributed by atoms with van der Waals surface area (Å²) in [5.41, 5.74) is 1.08. The number of urea groups is 1. The van der Waals surface area contributed by atoms with Gasteiger partial charge >= 0.3 is 6.03 Å². The number of carbonyl (C=O) groups is 1.